The fourth-order valence-electron chi connectivity index (χ4n) is 1.53. The van der Waals surface area contributed by atoms with Crippen LogP contribution in [-0.4, -0.2) is 28.6 Å². The van der Waals surface area contributed by atoms with Gasteiger partial charge in [0, 0.05) is 18.3 Å². The highest BCUT2D eigenvalue weighted by molar-refractivity contribution is 7.09. The van der Waals surface area contributed by atoms with Crippen molar-refractivity contribution < 1.29 is 4.74 Å². The lowest BCUT2D eigenvalue weighted by Crippen LogP contribution is -2.15. The Balaban J connectivity index is 1.98. The Morgan fingerprint density at radius 2 is 2.39 bits per heavy atom. The van der Waals surface area contributed by atoms with Crippen LogP contribution in [-0.2, 0) is 6.42 Å². The van der Waals surface area contributed by atoms with Crippen LogP contribution in [0.1, 0.15) is 10.7 Å². The van der Waals surface area contributed by atoms with Crippen molar-refractivity contribution in [2.24, 2.45) is 0 Å². The van der Waals surface area contributed by atoms with Gasteiger partial charge in [-0.15, -0.1) is 11.3 Å². The topological polar surface area (TPSA) is 79.9 Å². The number of aromatic amines is 1. The molecule has 18 heavy (non-hydrogen) atoms. The van der Waals surface area contributed by atoms with Crippen LogP contribution in [0.4, 0.5) is 5.82 Å². The maximum atomic E-state index is 11.4. The van der Waals surface area contributed by atoms with Crippen molar-refractivity contribution in [2.75, 3.05) is 19.0 Å². The van der Waals surface area contributed by atoms with Crippen LogP contribution in [0.5, 0.6) is 5.75 Å². The second-order valence-corrected chi connectivity index (χ2v) is 4.71. The van der Waals surface area contributed by atoms with Gasteiger partial charge >= 0.3 is 0 Å². The van der Waals surface area contributed by atoms with Crippen LogP contribution in [0.2, 0.25) is 0 Å². The summed E-state index contributed by atoms with van der Waals surface area (Å²) in [5.74, 6) is 0.653. The molecule has 0 bridgehead atoms. The predicted molar refractivity (Wildman–Crippen MR) is 70.5 cm³/mol. The summed E-state index contributed by atoms with van der Waals surface area (Å²) in [5, 5.41) is 6.15. The van der Waals surface area contributed by atoms with Crippen LogP contribution in [0.3, 0.4) is 0 Å². The number of hydrogen-bond donors (Lipinski definition) is 2. The average Bonchev–Trinajstić information content (AvgIpc) is 2.75. The number of hydrogen-bond acceptors (Lipinski definition) is 6. The van der Waals surface area contributed by atoms with E-state index in [2.05, 4.69) is 20.3 Å². The molecule has 0 atom stereocenters. The first-order valence-electron chi connectivity index (χ1n) is 5.47. The summed E-state index contributed by atoms with van der Waals surface area (Å²) in [6.45, 7) is 2.62. The number of methoxy groups -OCH3 is 1. The number of nitrogens with one attached hydrogen (secondary N) is 2. The molecule has 0 fully saturated rings. The SMILES string of the molecule is COc1c(NCCc2csc(C)n2)nc[nH]c1=O. The number of thiazole rings is 1. The number of nitrogens with zero attached hydrogens (tertiary/aromatic N) is 2. The zero-order valence-electron chi connectivity index (χ0n) is 10.2. The second kappa shape index (κ2) is 5.63. The molecule has 0 unspecified atom stereocenters. The third-order valence-corrected chi connectivity index (χ3v) is 3.18. The van der Waals surface area contributed by atoms with Crippen molar-refractivity contribution in [3.05, 3.63) is 32.8 Å². The van der Waals surface area contributed by atoms with Gasteiger partial charge in [-0.1, -0.05) is 0 Å². The molecule has 0 radical (unpaired) electrons. The van der Waals surface area contributed by atoms with Crippen molar-refractivity contribution in [2.45, 2.75) is 13.3 Å². The van der Waals surface area contributed by atoms with E-state index in [4.69, 9.17) is 4.74 Å². The van der Waals surface area contributed by atoms with Gasteiger partial charge < -0.3 is 15.0 Å². The lowest BCUT2D eigenvalue weighted by Gasteiger charge is -2.07. The van der Waals surface area contributed by atoms with Crippen molar-refractivity contribution in [1.82, 2.24) is 15.0 Å². The van der Waals surface area contributed by atoms with E-state index in [1.54, 1.807) is 11.3 Å². The average molecular weight is 266 g/mol. The molecule has 2 N–H and O–H groups in total. The van der Waals surface area contributed by atoms with Gasteiger partial charge in [-0.05, 0) is 6.92 Å². The highest BCUT2D eigenvalue weighted by Gasteiger charge is 2.08. The van der Waals surface area contributed by atoms with Crippen LogP contribution in [0.15, 0.2) is 16.5 Å². The maximum Gasteiger partial charge on any atom is 0.295 e. The van der Waals surface area contributed by atoms with Crippen molar-refractivity contribution in [3.8, 4) is 5.75 Å². The molecule has 2 aromatic heterocycles. The first-order valence-corrected chi connectivity index (χ1v) is 6.35. The third-order valence-electron chi connectivity index (χ3n) is 2.35. The Morgan fingerprint density at radius 3 is 3.06 bits per heavy atom. The maximum absolute atomic E-state index is 11.4. The first-order chi connectivity index (χ1) is 8.70. The molecule has 7 heteroatoms. The Hall–Kier alpha value is -1.89. The van der Waals surface area contributed by atoms with Crippen LogP contribution >= 0.6 is 11.3 Å². The Bertz CT molecular complexity index is 578. The summed E-state index contributed by atoms with van der Waals surface area (Å²) < 4.78 is 5.00. The van der Waals surface area contributed by atoms with Gasteiger partial charge in [-0.2, -0.15) is 0 Å². The number of H-pyrrole nitrogens is 1. The summed E-state index contributed by atoms with van der Waals surface area (Å²) >= 11 is 1.63. The van der Waals surface area contributed by atoms with Crippen molar-refractivity contribution in [3.63, 3.8) is 0 Å². The minimum atomic E-state index is -0.292. The van der Waals surface area contributed by atoms with Crippen LogP contribution in [0.25, 0.3) is 0 Å². The minimum absolute atomic E-state index is 0.201. The lowest BCUT2D eigenvalue weighted by molar-refractivity contribution is 0.408. The number of rotatable bonds is 5. The van der Waals surface area contributed by atoms with E-state index in [0.29, 0.717) is 12.4 Å². The van der Waals surface area contributed by atoms with E-state index in [1.165, 1.54) is 13.4 Å². The van der Waals surface area contributed by atoms with E-state index in [9.17, 15) is 4.79 Å². The molecular weight excluding hydrogens is 252 g/mol. The largest absolute Gasteiger partial charge is 0.489 e. The van der Waals surface area contributed by atoms with Crippen LogP contribution < -0.4 is 15.6 Å². The van der Waals surface area contributed by atoms with E-state index >= 15 is 0 Å². The summed E-state index contributed by atoms with van der Waals surface area (Å²) in [6.07, 6.45) is 2.13. The smallest absolute Gasteiger partial charge is 0.295 e. The zero-order chi connectivity index (χ0) is 13.0. The molecule has 0 aliphatic rings. The Morgan fingerprint density at radius 1 is 1.56 bits per heavy atom. The summed E-state index contributed by atoms with van der Waals surface area (Å²) in [4.78, 5) is 22.3. The third kappa shape index (κ3) is 2.86. The van der Waals surface area contributed by atoms with E-state index < -0.39 is 0 Å². The highest BCUT2D eigenvalue weighted by Crippen LogP contribution is 2.14. The molecule has 0 spiro atoms. The van der Waals surface area contributed by atoms with Crippen molar-refractivity contribution >= 4 is 17.2 Å². The monoisotopic (exact) mass is 266 g/mol. The van der Waals surface area contributed by atoms with Gasteiger partial charge in [0.2, 0.25) is 5.75 Å². The lowest BCUT2D eigenvalue weighted by atomic mass is 10.3. The zero-order valence-corrected chi connectivity index (χ0v) is 11.0. The molecule has 2 rings (SSSR count). The number of ether oxygens (including phenoxy) is 1. The first kappa shape index (κ1) is 12.6. The van der Waals surface area contributed by atoms with E-state index in [-0.39, 0.29) is 11.3 Å². The van der Waals surface area contributed by atoms with E-state index in [0.717, 1.165) is 17.1 Å². The number of aryl methyl sites for hydroxylation is 1. The van der Waals surface area contributed by atoms with Gasteiger partial charge in [0.25, 0.3) is 5.56 Å². The Labute approximate surface area is 108 Å². The second-order valence-electron chi connectivity index (χ2n) is 3.65. The molecular formula is C11H14N4O2S. The fourth-order valence-corrected chi connectivity index (χ4v) is 2.18. The molecule has 0 saturated carbocycles. The highest BCUT2D eigenvalue weighted by atomic mass is 32.1. The van der Waals surface area contributed by atoms with Gasteiger partial charge in [-0.3, -0.25) is 4.79 Å². The molecule has 0 aliphatic carbocycles. The molecule has 0 amide bonds. The number of aromatic nitrogens is 3. The molecule has 0 aliphatic heterocycles. The van der Waals surface area contributed by atoms with Gasteiger partial charge in [0.1, 0.15) is 0 Å². The number of anilines is 1. The summed E-state index contributed by atoms with van der Waals surface area (Å²) in [7, 11) is 1.45. The van der Waals surface area contributed by atoms with Crippen LogP contribution in [0, 0.1) is 6.92 Å². The normalized spacial score (nSPS) is 10.3. The molecule has 0 saturated heterocycles. The molecule has 2 aromatic rings. The summed E-state index contributed by atoms with van der Waals surface area (Å²) in [5.41, 5.74) is 0.744. The van der Waals surface area contributed by atoms with Gasteiger partial charge in [0.05, 0.1) is 24.1 Å². The molecule has 6 nitrogen and oxygen atoms in total. The van der Waals surface area contributed by atoms with E-state index in [1.807, 2.05) is 12.3 Å². The molecule has 96 valence electrons. The van der Waals surface area contributed by atoms with Crippen molar-refractivity contribution in [1.29, 1.82) is 0 Å². The molecule has 2 heterocycles. The minimum Gasteiger partial charge on any atom is -0.489 e. The standard InChI is InChI=1S/C11H14N4O2S/c1-7-15-8(5-18-7)3-4-12-10-9(17-2)11(16)14-6-13-10/h5-6H,3-4H2,1-2H3,(H2,12,13,14,16). The van der Waals surface area contributed by atoms with Gasteiger partial charge in [-0.25, -0.2) is 9.97 Å². The van der Waals surface area contributed by atoms with Gasteiger partial charge in [0.15, 0.2) is 5.82 Å². The molecule has 0 aromatic carbocycles. The Kier molecular flexibility index (Phi) is 3.93. The fraction of sp³-hybridized carbons (Fsp3) is 0.364. The summed E-state index contributed by atoms with van der Waals surface area (Å²) in [6, 6.07) is 0. The predicted octanol–water partition coefficient (Wildman–Crippen LogP) is 1.20. The quantitative estimate of drug-likeness (QED) is 0.850.